The van der Waals surface area contributed by atoms with E-state index >= 15 is 0 Å². The van der Waals surface area contributed by atoms with Gasteiger partial charge in [0.15, 0.2) is 5.16 Å². The lowest BCUT2D eigenvalue weighted by Gasteiger charge is -2.13. The van der Waals surface area contributed by atoms with Crippen LogP contribution in [0.15, 0.2) is 40.3 Å². The minimum absolute atomic E-state index is 0.0412. The van der Waals surface area contributed by atoms with E-state index in [-0.39, 0.29) is 17.5 Å². The molecule has 1 aliphatic heterocycles. The lowest BCUT2D eigenvalue weighted by Crippen LogP contribution is -2.30. The molecule has 0 unspecified atom stereocenters. The number of hydrogen-bond donors (Lipinski definition) is 1. The Morgan fingerprint density at radius 2 is 2.12 bits per heavy atom. The summed E-state index contributed by atoms with van der Waals surface area (Å²) < 4.78 is 1.66. The lowest BCUT2D eigenvalue weighted by atomic mass is 10.1. The zero-order valence-electron chi connectivity index (χ0n) is 13.9. The maximum Gasteiger partial charge on any atom is 0.254 e. The van der Waals surface area contributed by atoms with Crippen LogP contribution in [0.1, 0.15) is 36.2 Å². The lowest BCUT2D eigenvalue weighted by molar-refractivity contribution is -0.121. The van der Waals surface area contributed by atoms with E-state index in [1.165, 1.54) is 5.56 Å². The SMILES string of the molecule is CCc1cc(=O)n2c(n1)SC[C@H]2CC(=O)NCc1ccc(C)cc1. The van der Waals surface area contributed by atoms with Crippen LogP contribution in [0.4, 0.5) is 0 Å². The normalized spacial score (nSPS) is 16.0. The molecule has 1 N–H and O–H groups in total. The van der Waals surface area contributed by atoms with Gasteiger partial charge in [0, 0.05) is 30.5 Å². The molecule has 0 aliphatic carbocycles. The summed E-state index contributed by atoms with van der Waals surface area (Å²) in [7, 11) is 0. The minimum atomic E-state index is -0.117. The molecule has 0 bridgehead atoms. The number of benzene rings is 1. The molecular weight excluding hydrogens is 322 g/mol. The summed E-state index contributed by atoms with van der Waals surface area (Å²) in [5, 5.41) is 3.67. The van der Waals surface area contributed by atoms with E-state index in [4.69, 9.17) is 0 Å². The van der Waals surface area contributed by atoms with Crippen LogP contribution in [-0.4, -0.2) is 21.2 Å². The summed E-state index contributed by atoms with van der Waals surface area (Å²) in [4.78, 5) is 29.0. The maximum atomic E-state index is 12.3. The predicted molar refractivity (Wildman–Crippen MR) is 95.3 cm³/mol. The van der Waals surface area contributed by atoms with Gasteiger partial charge in [-0.3, -0.25) is 14.2 Å². The van der Waals surface area contributed by atoms with Crippen molar-refractivity contribution in [1.29, 1.82) is 0 Å². The third kappa shape index (κ3) is 3.70. The first-order valence-electron chi connectivity index (χ1n) is 8.14. The van der Waals surface area contributed by atoms with E-state index in [2.05, 4.69) is 10.3 Å². The molecule has 0 radical (unpaired) electrons. The fourth-order valence-electron chi connectivity index (χ4n) is 2.72. The zero-order chi connectivity index (χ0) is 17.1. The molecular formula is C18H21N3O2S. The van der Waals surface area contributed by atoms with Crippen molar-refractivity contribution in [2.45, 2.75) is 44.4 Å². The number of nitrogens with zero attached hydrogens (tertiary/aromatic N) is 2. The standard InChI is InChI=1S/C18H21N3O2S/c1-3-14-8-17(23)21-15(11-24-18(21)20-14)9-16(22)19-10-13-6-4-12(2)5-7-13/h4-8,15H,3,9-11H2,1-2H3,(H,19,22)/t15-/m1/s1. The first-order valence-corrected chi connectivity index (χ1v) is 9.13. The van der Waals surface area contributed by atoms with Gasteiger partial charge in [0.25, 0.3) is 5.56 Å². The number of aromatic nitrogens is 2. The van der Waals surface area contributed by atoms with Crippen molar-refractivity contribution in [2.75, 3.05) is 5.75 Å². The van der Waals surface area contributed by atoms with Crippen LogP contribution < -0.4 is 10.9 Å². The first kappa shape index (κ1) is 16.8. The van der Waals surface area contributed by atoms with Gasteiger partial charge < -0.3 is 5.32 Å². The number of nitrogens with one attached hydrogen (secondary N) is 1. The molecule has 0 saturated carbocycles. The molecule has 0 fully saturated rings. The topological polar surface area (TPSA) is 64.0 Å². The molecule has 1 aromatic heterocycles. The molecule has 5 nitrogen and oxygen atoms in total. The van der Waals surface area contributed by atoms with Gasteiger partial charge in [-0.15, -0.1) is 0 Å². The fourth-order valence-corrected chi connectivity index (χ4v) is 3.89. The summed E-state index contributed by atoms with van der Waals surface area (Å²) in [5.41, 5.74) is 3.02. The van der Waals surface area contributed by atoms with Crippen LogP contribution in [0.5, 0.6) is 0 Å². The molecule has 24 heavy (non-hydrogen) atoms. The number of carbonyl (C=O) groups is 1. The highest BCUT2D eigenvalue weighted by atomic mass is 32.2. The van der Waals surface area contributed by atoms with Crippen molar-refractivity contribution in [2.24, 2.45) is 0 Å². The zero-order valence-corrected chi connectivity index (χ0v) is 14.7. The number of carbonyl (C=O) groups excluding carboxylic acids is 1. The number of thioether (sulfide) groups is 1. The predicted octanol–water partition coefficient (Wildman–Crippen LogP) is 2.47. The number of rotatable bonds is 5. The Hall–Kier alpha value is -2.08. The summed E-state index contributed by atoms with van der Waals surface area (Å²) in [6.07, 6.45) is 1.05. The van der Waals surface area contributed by atoms with E-state index in [9.17, 15) is 9.59 Å². The highest BCUT2D eigenvalue weighted by Crippen LogP contribution is 2.31. The van der Waals surface area contributed by atoms with Gasteiger partial charge in [0.2, 0.25) is 5.91 Å². The summed E-state index contributed by atoms with van der Waals surface area (Å²) in [6, 6.07) is 9.54. The summed E-state index contributed by atoms with van der Waals surface area (Å²) in [5.74, 6) is 0.674. The Morgan fingerprint density at radius 3 is 2.83 bits per heavy atom. The Morgan fingerprint density at radius 1 is 1.38 bits per heavy atom. The third-order valence-electron chi connectivity index (χ3n) is 4.14. The first-order chi connectivity index (χ1) is 11.6. The van der Waals surface area contributed by atoms with Crippen molar-refractivity contribution in [3.05, 3.63) is 57.5 Å². The van der Waals surface area contributed by atoms with Crippen molar-refractivity contribution < 1.29 is 4.79 Å². The smallest absolute Gasteiger partial charge is 0.254 e. The molecule has 0 spiro atoms. The van der Waals surface area contributed by atoms with Crippen molar-refractivity contribution >= 4 is 17.7 Å². The van der Waals surface area contributed by atoms with Gasteiger partial charge in [-0.25, -0.2) is 4.98 Å². The van der Waals surface area contributed by atoms with Crippen LogP contribution >= 0.6 is 11.8 Å². The molecule has 2 heterocycles. The monoisotopic (exact) mass is 343 g/mol. The van der Waals surface area contributed by atoms with E-state index in [0.29, 0.717) is 18.7 Å². The van der Waals surface area contributed by atoms with Crippen LogP contribution in [-0.2, 0) is 17.8 Å². The number of fused-ring (bicyclic) bond motifs is 1. The molecule has 1 amide bonds. The molecule has 126 valence electrons. The average molecular weight is 343 g/mol. The van der Waals surface area contributed by atoms with Crippen LogP contribution in [0.3, 0.4) is 0 Å². The summed E-state index contributed by atoms with van der Waals surface area (Å²) in [6.45, 7) is 4.52. The van der Waals surface area contributed by atoms with Gasteiger partial charge in [-0.1, -0.05) is 48.5 Å². The minimum Gasteiger partial charge on any atom is -0.352 e. The van der Waals surface area contributed by atoms with Gasteiger partial charge in [-0.05, 0) is 18.9 Å². The number of aryl methyl sites for hydroxylation is 2. The molecule has 1 aliphatic rings. The Bertz CT molecular complexity index is 799. The highest BCUT2D eigenvalue weighted by Gasteiger charge is 2.27. The van der Waals surface area contributed by atoms with Gasteiger partial charge in [0.05, 0.1) is 6.04 Å². The molecule has 6 heteroatoms. The van der Waals surface area contributed by atoms with Gasteiger partial charge in [0.1, 0.15) is 0 Å². The van der Waals surface area contributed by atoms with Crippen LogP contribution in [0, 0.1) is 6.92 Å². The average Bonchev–Trinajstić information content (AvgIpc) is 2.97. The van der Waals surface area contributed by atoms with E-state index in [1.807, 2.05) is 38.1 Å². The third-order valence-corrected chi connectivity index (χ3v) is 5.23. The Labute approximate surface area is 145 Å². The number of amides is 1. The van der Waals surface area contributed by atoms with E-state index in [1.54, 1.807) is 22.4 Å². The van der Waals surface area contributed by atoms with E-state index in [0.717, 1.165) is 22.8 Å². The number of hydrogen-bond acceptors (Lipinski definition) is 4. The maximum absolute atomic E-state index is 12.3. The second-order valence-electron chi connectivity index (χ2n) is 6.02. The Kier molecular flexibility index (Phi) is 5.04. The molecule has 0 saturated heterocycles. The van der Waals surface area contributed by atoms with Crippen molar-refractivity contribution in [3.8, 4) is 0 Å². The van der Waals surface area contributed by atoms with Crippen molar-refractivity contribution in [3.63, 3.8) is 0 Å². The van der Waals surface area contributed by atoms with Gasteiger partial charge >= 0.3 is 0 Å². The molecule has 2 aromatic rings. The largest absolute Gasteiger partial charge is 0.352 e. The molecule has 1 atom stereocenters. The van der Waals surface area contributed by atoms with Crippen molar-refractivity contribution in [1.82, 2.24) is 14.9 Å². The van der Waals surface area contributed by atoms with Crippen LogP contribution in [0.25, 0.3) is 0 Å². The molecule has 1 aromatic carbocycles. The second kappa shape index (κ2) is 7.21. The molecule has 3 rings (SSSR count). The fraction of sp³-hybridized carbons (Fsp3) is 0.389. The van der Waals surface area contributed by atoms with Gasteiger partial charge in [-0.2, -0.15) is 0 Å². The highest BCUT2D eigenvalue weighted by molar-refractivity contribution is 7.99. The summed E-state index contributed by atoms with van der Waals surface area (Å²) >= 11 is 1.55. The quantitative estimate of drug-likeness (QED) is 0.847. The Balaban J connectivity index is 1.63. The van der Waals surface area contributed by atoms with Crippen LogP contribution in [0.2, 0.25) is 0 Å². The van der Waals surface area contributed by atoms with E-state index < -0.39 is 0 Å². The second-order valence-corrected chi connectivity index (χ2v) is 7.01.